The van der Waals surface area contributed by atoms with Gasteiger partial charge in [-0.2, -0.15) is 0 Å². The molecule has 0 aromatic rings. The molecule has 1 amide bonds. The third-order valence-corrected chi connectivity index (χ3v) is 3.36. The molecule has 4 heteroatoms. The Morgan fingerprint density at radius 3 is 2.62 bits per heavy atom. The number of rotatable bonds is 4. The number of nitrogens with one attached hydrogen (secondary N) is 1. The number of amides is 1. The van der Waals surface area contributed by atoms with Crippen molar-refractivity contribution >= 4 is 5.91 Å². The lowest BCUT2D eigenvalue weighted by molar-refractivity contribution is -0.139. The maximum atomic E-state index is 11.7. The van der Waals surface area contributed by atoms with Crippen LogP contribution < -0.4 is 11.1 Å². The van der Waals surface area contributed by atoms with Gasteiger partial charge in [-0.3, -0.25) is 4.79 Å². The van der Waals surface area contributed by atoms with Gasteiger partial charge in [-0.25, -0.2) is 0 Å². The fraction of sp³-hybridized carbons (Fsp3) is 0.917. The Kier molecular flexibility index (Phi) is 3.97. The molecule has 0 aromatic carbocycles. The molecule has 3 N–H and O–H groups in total. The minimum absolute atomic E-state index is 0.260. The van der Waals surface area contributed by atoms with Gasteiger partial charge in [0.25, 0.3) is 0 Å². The maximum Gasteiger partial charge on any atom is 0.237 e. The van der Waals surface area contributed by atoms with Gasteiger partial charge < -0.3 is 15.8 Å². The average Bonchev–Trinajstić information content (AvgIpc) is 2.15. The average molecular weight is 228 g/mol. The topological polar surface area (TPSA) is 64.3 Å². The zero-order valence-corrected chi connectivity index (χ0v) is 10.8. The predicted octanol–water partition coefficient (Wildman–Crippen LogP) is 1.19. The van der Waals surface area contributed by atoms with E-state index in [2.05, 4.69) is 19.2 Å². The zero-order chi connectivity index (χ0) is 12.4. The molecule has 0 radical (unpaired) electrons. The van der Waals surface area contributed by atoms with Crippen molar-refractivity contribution in [2.75, 3.05) is 6.61 Å². The zero-order valence-electron chi connectivity index (χ0n) is 10.8. The molecule has 94 valence electrons. The van der Waals surface area contributed by atoms with E-state index in [1.165, 1.54) is 0 Å². The molecule has 1 saturated heterocycles. The fourth-order valence-corrected chi connectivity index (χ4v) is 2.35. The predicted molar refractivity (Wildman–Crippen MR) is 64.1 cm³/mol. The quantitative estimate of drug-likeness (QED) is 0.759. The Hall–Kier alpha value is -0.610. The summed E-state index contributed by atoms with van der Waals surface area (Å²) in [5.74, 6) is -0.260. The van der Waals surface area contributed by atoms with E-state index in [4.69, 9.17) is 10.5 Å². The Morgan fingerprint density at radius 2 is 2.19 bits per heavy atom. The van der Waals surface area contributed by atoms with Crippen LogP contribution in [0, 0.1) is 0 Å². The summed E-state index contributed by atoms with van der Waals surface area (Å²) < 4.78 is 5.64. The first-order valence-corrected chi connectivity index (χ1v) is 6.03. The summed E-state index contributed by atoms with van der Waals surface area (Å²) in [5.41, 5.74) is 4.69. The van der Waals surface area contributed by atoms with E-state index in [0.29, 0.717) is 25.5 Å². The van der Waals surface area contributed by atoms with Crippen molar-refractivity contribution in [3.63, 3.8) is 0 Å². The first kappa shape index (κ1) is 13.5. The summed E-state index contributed by atoms with van der Waals surface area (Å²) in [5, 5.41) is 3.38. The van der Waals surface area contributed by atoms with E-state index >= 15 is 0 Å². The van der Waals surface area contributed by atoms with Crippen LogP contribution in [-0.4, -0.2) is 29.7 Å². The van der Waals surface area contributed by atoms with E-state index in [1.807, 2.05) is 13.8 Å². The van der Waals surface area contributed by atoms with Gasteiger partial charge in [0.15, 0.2) is 0 Å². The van der Waals surface area contributed by atoms with Crippen molar-refractivity contribution in [3.8, 4) is 0 Å². The number of hydrogen-bond acceptors (Lipinski definition) is 3. The SMILES string of the molecule is CCC(C)NC1(C(N)=O)CCOC(C)(C)C1. The summed E-state index contributed by atoms with van der Waals surface area (Å²) in [6.45, 7) is 8.76. The first-order valence-electron chi connectivity index (χ1n) is 6.03. The Labute approximate surface area is 97.9 Å². The van der Waals surface area contributed by atoms with Crippen molar-refractivity contribution in [2.45, 2.75) is 64.1 Å². The molecule has 1 rings (SSSR count). The summed E-state index contributed by atoms with van der Waals surface area (Å²) in [6.07, 6.45) is 2.28. The molecule has 16 heavy (non-hydrogen) atoms. The highest BCUT2D eigenvalue weighted by Gasteiger charge is 2.45. The molecule has 4 nitrogen and oxygen atoms in total. The van der Waals surface area contributed by atoms with E-state index < -0.39 is 5.54 Å². The second-order valence-electron chi connectivity index (χ2n) is 5.43. The molecule has 1 heterocycles. The molecule has 0 aliphatic carbocycles. The molecule has 1 fully saturated rings. The molecule has 0 saturated carbocycles. The van der Waals surface area contributed by atoms with Crippen LogP contribution in [0.1, 0.15) is 47.0 Å². The molecule has 2 atom stereocenters. The fourth-order valence-electron chi connectivity index (χ4n) is 2.35. The number of primary amides is 1. The monoisotopic (exact) mass is 228 g/mol. The Morgan fingerprint density at radius 1 is 1.56 bits per heavy atom. The smallest absolute Gasteiger partial charge is 0.237 e. The largest absolute Gasteiger partial charge is 0.375 e. The second kappa shape index (κ2) is 4.72. The number of hydrogen-bond donors (Lipinski definition) is 2. The molecule has 0 bridgehead atoms. The van der Waals surface area contributed by atoms with Crippen LogP contribution in [0.5, 0.6) is 0 Å². The maximum absolute atomic E-state index is 11.7. The van der Waals surface area contributed by atoms with Gasteiger partial charge in [0, 0.05) is 19.1 Å². The molecule has 1 aliphatic rings. The van der Waals surface area contributed by atoms with Crippen molar-refractivity contribution < 1.29 is 9.53 Å². The van der Waals surface area contributed by atoms with Crippen LogP contribution in [0.3, 0.4) is 0 Å². The lowest BCUT2D eigenvalue weighted by Crippen LogP contribution is -2.63. The molecular weight excluding hydrogens is 204 g/mol. The molecule has 2 unspecified atom stereocenters. The van der Waals surface area contributed by atoms with Crippen molar-refractivity contribution in [1.29, 1.82) is 0 Å². The van der Waals surface area contributed by atoms with E-state index in [1.54, 1.807) is 0 Å². The van der Waals surface area contributed by atoms with Gasteiger partial charge in [-0.05, 0) is 33.6 Å². The molecule has 0 spiro atoms. The summed E-state index contributed by atoms with van der Waals surface area (Å²) in [7, 11) is 0. The van der Waals surface area contributed by atoms with Gasteiger partial charge in [0.1, 0.15) is 5.54 Å². The minimum Gasteiger partial charge on any atom is -0.375 e. The third-order valence-electron chi connectivity index (χ3n) is 3.36. The summed E-state index contributed by atoms with van der Waals surface area (Å²) >= 11 is 0. The van der Waals surface area contributed by atoms with Crippen LogP contribution in [0.15, 0.2) is 0 Å². The highest BCUT2D eigenvalue weighted by molar-refractivity contribution is 5.85. The first-order chi connectivity index (χ1) is 7.31. The number of ether oxygens (including phenoxy) is 1. The summed E-state index contributed by atoms with van der Waals surface area (Å²) in [4.78, 5) is 11.7. The van der Waals surface area contributed by atoms with Gasteiger partial charge >= 0.3 is 0 Å². The lowest BCUT2D eigenvalue weighted by Gasteiger charge is -2.44. The number of carbonyl (C=O) groups excluding carboxylic acids is 1. The number of nitrogens with two attached hydrogens (primary N) is 1. The van der Waals surface area contributed by atoms with Crippen LogP contribution in [0.2, 0.25) is 0 Å². The van der Waals surface area contributed by atoms with Gasteiger partial charge in [-0.1, -0.05) is 6.92 Å². The number of carbonyl (C=O) groups is 1. The summed E-state index contributed by atoms with van der Waals surface area (Å²) in [6, 6.07) is 0.293. The highest BCUT2D eigenvalue weighted by atomic mass is 16.5. The minimum atomic E-state index is -0.600. The highest BCUT2D eigenvalue weighted by Crippen LogP contribution is 2.32. The van der Waals surface area contributed by atoms with E-state index in [0.717, 1.165) is 6.42 Å². The third kappa shape index (κ3) is 2.95. The van der Waals surface area contributed by atoms with Crippen molar-refractivity contribution in [2.24, 2.45) is 5.73 Å². The van der Waals surface area contributed by atoms with Gasteiger partial charge in [0.2, 0.25) is 5.91 Å². The molecule has 0 aromatic heterocycles. The normalized spacial score (nSPS) is 31.0. The standard InChI is InChI=1S/C12H24N2O2/c1-5-9(2)14-12(10(13)15)6-7-16-11(3,4)8-12/h9,14H,5-8H2,1-4H3,(H2,13,15). The van der Waals surface area contributed by atoms with E-state index in [-0.39, 0.29) is 11.5 Å². The van der Waals surface area contributed by atoms with Crippen LogP contribution in [0.25, 0.3) is 0 Å². The molecule has 1 aliphatic heterocycles. The van der Waals surface area contributed by atoms with Crippen LogP contribution in [0.4, 0.5) is 0 Å². The lowest BCUT2D eigenvalue weighted by atomic mass is 9.80. The Balaban J connectivity index is 2.84. The van der Waals surface area contributed by atoms with Gasteiger partial charge in [0.05, 0.1) is 5.60 Å². The van der Waals surface area contributed by atoms with E-state index in [9.17, 15) is 4.79 Å². The Bertz CT molecular complexity index is 266. The van der Waals surface area contributed by atoms with Gasteiger partial charge in [-0.15, -0.1) is 0 Å². The molecular formula is C12H24N2O2. The second-order valence-corrected chi connectivity index (χ2v) is 5.43. The van der Waals surface area contributed by atoms with Crippen molar-refractivity contribution in [3.05, 3.63) is 0 Å². The van der Waals surface area contributed by atoms with Crippen LogP contribution >= 0.6 is 0 Å². The van der Waals surface area contributed by atoms with Crippen LogP contribution in [-0.2, 0) is 9.53 Å². The van der Waals surface area contributed by atoms with Crippen molar-refractivity contribution in [1.82, 2.24) is 5.32 Å².